The molecule has 1 aromatic heterocycles. The maximum absolute atomic E-state index is 13.1. The van der Waals surface area contributed by atoms with Gasteiger partial charge in [-0.05, 0) is 24.3 Å². The van der Waals surface area contributed by atoms with E-state index in [2.05, 4.69) is 5.10 Å². The van der Waals surface area contributed by atoms with Gasteiger partial charge in [-0.1, -0.05) is 11.6 Å². The number of aryl methyl sites for hydroxylation is 1. The van der Waals surface area contributed by atoms with Gasteiger partial charge in [-0.25, -0.2) is 9.07 Å². The molecule has 0 spiro atoms. The standard InChI is InChI=1S/C11H8ClFN2O/c1-15-11(16)3-2-10(14-15)7-4-8(12)6-9(13)5-7/h2-6H,1H3. The van der Waals surface area contributed by atoms with Crippen molar-refractivity contribution in [3.05, 3.63) is 51.5 Å². The van der Waals surface area contributed by atoms with Crippen molar-refractivity contribution in [1.29, 1.82) is 0 Å². The number of hydrogen-bond acceptors (Lipinski definition) is 2. The van der Waals surface area contributed by atoms with Crippen LogP contribution in [0, 0.1) is 5.82 Å². The summed E-state index contributed by atoms with van der Waals surface area (Å²) < 4.78 is 14.3. The highest BCUT2D eigenvalue weighted by Gasteiger charge is 2.04. The minimum atomic E-state index is -0.432. The molecule has 0 unspecified atom stereocenters. The third-order valence-corrected chi connectivity index (χ3v) is 2.34. The summed E-state index contributed by atoms with van der Waals surface area (Å²) >= 11 is 5.73. The van der Waals surface area contributed by atoms with E-state index in [-0.39, 0.29) is 5.56 Å². The molecule has 82 valence electrons. The lowest BCUT2D eigenvalue weighted by Crippen LogP contribution is -2.18. The first kappa shape index (κ1) is 10.8. The Morgan fingerprint density at radius 3 is 2.69 bits per heavy atom. The van der Waals surface area contributed by atoms with Gasteiger partial charge in [0.1, 0.15) is 5.82 Å². The fourth-order valence-corrected chi connectivity index (χ4v) is 1.58. The van der Waals surface area contributed by atoms with E-state index in [1.54, 1.807) is 6.07 Å². The topological polar surface area (TPSA) is 34.9 Å². The van der Waals surface area contributed by atoms with Crippen molar-refractivity contribution in [1.82, 2.24) is 9.78 Å². The summed E-state index contributed by atoms with van der Waals surface area (Å²) in [5, 5.41) is 4.30. The van der Waals surface area contributed by atoms with E-state index in [0.717, 1.165) is 0 Å². The first-order chi connectivity index (χ1) is 7.56. The average molecular weight is 239 g/mol. The van der Waals surface area contributed by atoms with Gasteiger partial charge in [0.15, 0.2) is 0 Å². The van der Waals surface area contributed by atoms with Gasteiger partial charge in [0, 0.05) is 23.7 Å². The van der Waals surface area contributed by atoms with Crippen LogP contribution in [0.3, 0.4) is 0 Å². The molecule has 16 heavy (non-hydrogen) atoms. The van der Waals surface area contributed by atoms with E-state index in [1.807, 2.05) is 0 Å². The van der Waals surface area contributed by atoms with Crippen molar-refractivity contribution < 1.29 is 4.39 Å². The Balaban J connectivity index is 2.58. The molecule has 0 aliphatic heterocycles. The molecule has 0 fully saturated rings. The highest BCUT2D eigenvalue weighted by Crippen LogP contribution is 2.21. The molecule has 0 saturated heterocycles. The van der Waals surface area contributed by atoms with Crippen LogP contribution in [0.25, 0.3) is 11.3 Å². The third-order valence-electron chi connectivity index (χ3n) is 2.12. The van der Waals surface area contributed by atoms with Gasteiger partial charge in [-0.2, -0.15) is 5.10 Å². The summed E-state index contributed by atoms with van der Waals surface area (Å²) in [6.45, 7) is 0. The first-order valence-electron chi connectivity index (χ1n) is 4.57. The summed E-state index contributed by atoms with van der Waals surface area (Å²) in [6, 6.07) is 7.04. The normalized spacial score (nSPS) is 10.4. The number of aromatic nitrogens is 2. The van der Waals surface area contributed by atoms with E-state index in [1.165, 1.54) is 36.0 Å². The molecule has 0 N–H and O–H groups in total. The zero-order valence-corrected chi connectivity index (χ0v) is 9.20. The fourth-order valence-electron chi connectivity index (χ4n) is 1.36. The second kappa shape index (κ2) is 4.06. The Morgan fingerprint density at radius 2 is 2.06 bits per heavy atom. The Hall–Kier alpha value is -1.68. The Bertz CT molecular complexity index is 575. The van der Waals surface area contributed by atoms with E-state index >= 15 is 0 Å². The molecule has 0 amide bonds. The molecule has 0 atom stereocenters. The van der Waals surface area contributed by atoms with E-state index in [4.69, 9.17) is 11.6 Å². The van der Waals surface area contributed by atoms with Crippen LogP contribution in [-0.2, 0) is 7.05 Å². The van der Waals surface area contributed by atoms with E-state index in [0.29, 0.717) is 16.3 Å². The Labute approximate surface area is 96.1 Å². The van der Waals surface area contributed by atoms with Crippen LogP contribution in [0.15, 0.2) is 35.1 Å². The molecular weight excluding hydrogens is 231 g/mol. The van der Waals surface area contributed by atoms with Gasteiger partial charge in [-0.3, -0.25) is 4.79 Å². The lowest BCUT2D eigenvalue weighted by Gasteiger charge is -2.03. The largest absolute Gasteiger partial charge is 0.268 e. The minimum Gasteiger partial charge on any atom is -0.268 e. The Kier molecular flexibility index (Phi) is 2.75. The predicted octanol–water partition coefficient (Wildman–Crippen LogP) is 2.24. The molecule has 2 rings (SSSR count). The third kappa shape index (κ3) is 2.12. The lowest BCUT2D eigenvalue weighted by atomic mass is 10.1. The van der Waals surface area contributed by atoms with Crippen LogP contribution in [-0.4, -0.2) is 9.78 Å². The number of rotatable bonds is 1. The summed E-state index contributed by atoms with van der Waals surface area (Å²) in [5.74, 6) is -0.432. The molecule has 1 heterocycles. The van der Waals surface area contributed by atoms with Crippen LogP contribution in [0.1, 0.15) is 0 Å². The average Bonchev–Trinajstić information content (AvgIpc) is 2.20. The van der Waals surface area contributed by atoms with Crippen LogP contribution in [0.4, 0.5) is 4.39 Å². The number of nitrogens with zero attached hydrogens (tertiary/aromatic N) is 2. The SMILES string of the molecule is Cn1nc(-c2cc(F)cc(Cl)c2)ccc1=O. The van der Waals surface area contributed by atoms with E-state index < -0.39 is 5.82 Å². The van der Waals surface area contributed by atoms with Gasteiger partial charge in [0.25, 0.3) is 5.56 Å². The molecule has 0 bridgehead atoms. The molecule has 1 aromatic carbocycles. The van der Waals surface area contributed by atoms with Crippen LogP contribution >= 0.6 is 11.6 Å². The van der Waals surface area contributed by atoms with Crippen molar-refractivity contribution in [2.75, 3.05) is 0 Å². The monoisotopic (exact) mass is 238 g/mol. The summed E-state index contributed by atoms with van der Waals surface area (Å²) in [5.41, 5.74) is 0.829. The van der Waals surface area contributed by atoms with Crippen molar-refractivity contribution >= 4 is 11.6 Å². The molecule has 0 aliphatic rings. The summed E-state index contributed by atoms with van der Waals surface area (Å²) in [7, 11) is 1.53. The van der Waals surface area contributed by atoms with Gasteiger partial charge in [0.2, 0.25) is 0 Å². The summed E-state index contributed by atoms with van der Waals surface area (Å²) in [4.78, 5) is 11.1. The van der Waals surface area contributed by atoms with E-state index in [9.17, 15) is 9.18 Å². The number of benzene rings is 1. The van der Waals surface area contributed by atoms with Gasteiger partial charge in [0.05, 0.1) is 5.69 Å². The molecule has 2 aromatic rings. The second-order valence-electron chi connectivity index (χ2n) is 3.34. The lowest BCUT2D eigenvalue weighted by molar-refractivity contribution is 0.628. The van der Waals surface area contributed by atoms with Crippen molar-refractivity contribution in [3.63, 3.8) is 0 Å². The molecule has 5 heteroatoms. The molecule has 3 nitrogen and oxygen atoms in total. The maximum Gasteiger partial charge on any atom is 0.266 e. The van der Waals surface area contributed by atoms with Crippen LogP contribution in [0.5, 0.6) is 0 Å². The van der Waals surface area contributed by atoms with Crippen LogP contribution in [0.2, 0.25) is 5.02 Å². The molecule has 0 radical (unpaired) electrons. The minimum absolute atomic E-state index is 0.216. The highest BCUT2D eigenvalue weighted by atomic mass is 35.5. The van der Waals surface area contributed by atoms with Gasteiger partial charge >= 0.3 is 0 Å². The quantitative estimate of drug-likeness (QED) is 0.764. The van der Waals surface area contributed by atoms with Gasteiger partial charge < -0.3 is 0 Å². The highest BCUT2D eigenvalue weighted by molar-refractivity contribution is 6.30. The molecular formula is C11H8ClFN2O. The number of hydrogen-bond donors (Lipinski definition) is 0. The molecule has 0 saturated carbocycles. The zero-order valence-electron chi connectivity index (χ0n) is 8.45. The second-order valence-corrected chi connectivity index (χ2v) is 3.77. The van der Waals surface area contributed by atoms with Gasteiger partial charge in [-0.15, -0.1) is 0 Å². The van der Waals surface area contributed by atoms with Crippen molar-refractivity contribution in [2.24, 2.45) is 7.05 Å². The predicted molar refractivity (Wildman–Crippen MR) is 59.9 cm³/mol. The zero-order chi connectivity index (χ0) is 11.7. The number of halogens is 2. The Morgan fingerprint density at radius 1 is 1.31 bits per heavy atom. The smallest absolute Gasteiger partial charge is 0.266 e. The van der Waals surface area contributed by atoms with Crippen molar-refractivity contribution in [2.45, 2.75) is 0 Å². The first-order valence-corrected chi connectivity index (χ1v) is 4.95. The summed E-state index contributed by atoms with van der Waals surface area (Å²) in [6.07, 6.45) is 0. The maximum atomic E-state index is 13.1. The van der Waals surface area contributed by atoms with Crippen LogP contribution < -0.4 is 5.56 Å². The fraction of sp³-hybridized carbons (Fsp3) is 0.0909. The van der Waals surface area contributed by atoms with Crippen molar-refractivity contribution in [3.8, 4) is 11.3 Å². The molecule has 0 aliphatic carbocycles.